The van der Waals surface area contributed by atoms with Crippen LogP contribution in [-0.2, 0) is 20.7 Å². The fourth-order valence-corrected chi connectivity index (χ4v) is 2.13. The summed E-state index contributed by atoms with van der Waals surface area (Å²) in [4.78, 5) is 11.4. The number of carbonyl (C=O) groups is 1. The fraction of sp³-hybridized carbons (Fsp3) is 0.462. The van der Waals surface area contributed by atoms with E-state index in [2.05, 4.69) is 28.1 Å². The Morgan fingerprint density at radius 1 is 1.47 bits per heavy atom. The van der Waals surface area contributed by atoms with Crippen molar-refractivity contribution in [3.8, 4) is 0 Å². The van der Waals surface area contributed by atoms with E-state index < -0.39 is 5.60 Å². The zero-order valence-corrected chi connectivity index (χ0v) is 11.3. The van der Waals surface area contributed by atoms with Gasteiger partial charge in [0, 0.05) is 4.47 Å². The van der Waals surface area contributed by atoms with Crippen molar-refractivity contribution >= 4 is 21.9 Å². The summed E-state index contributed by atoms with van der Waals surface area (Å²) in [6.07, 6.45) is 2.61. The zero-order chi connectivity index (χ0) is 12.3. The largest absolute Gasteiger partial charge is 0.467 e. The molecular formula is C13H15BrO3. The normalized spacial score (nSPS) is 22.2. The minimum Gasteiger partial charge on any atom is -0.467 e. The third-order valence-corrected chi connectivity index (χ3v) is 3.54. The van der Waals surface area contributed by atoms with Crippen LogP contribution in [0.5, 0.6) is 0 Å². The quantitative estimate of drug-likeness (QED) is 0.620. The van der Waals surface area contributed by atoms with Gasteiger partial charge in [0.15, 0.2) is 5.60 Å². The van der Waals surface area contributed by atoms with E-state index in [1.54, 1.807) is 0 Å². The molecule has 1 fully saturated rings. The molecule has 0 amide bonds. The molecule has 1 heterocycles. The minimum absolute atomic E-state index is 0.242. The van der Waals surface area contributed by atoms with Gasteiger partial charge in [-0.3, -0.25) is 0 Å². The maximum absolute atomic E-state index is 11.4. The number of rotatable bonds is 5. The van der Waals surface area contributed by atoms with E-state index in [9.17, 15) is 4.79 Å². The molecule has 0 N–H and O–H groups in total. The summed E-state index contributed by atoms with van der Waals surface area (Å²) in [6.45, 7) is 0.500. The second kappa shape index (κ2) is 5.19. The standard InChI is InChI=1S/C13H15BrO3/c1-16-12(15)13(9-17-13)8-2-3-10-4-6-11(14)7-5-10/h4-7H,2-3,8-9H2,1H3. The van der Waals surface area contributed by atoms with E-state index >= 15 is 0 Å². The van der Waals surface area contributed by atoms with Gasteiger partial charge >= 0.3 is 5.97 Å². The highest BCUT2D eigenvalue weighted by atomic mass is 79.9. The van der Waals surface area contributed by atoms with Crippen LogP contribution in [0.3, 0.4) is 0 Å². The Kier molecular flexibility index (Phi) is 3.84. The lowest BCUT2D eigenvalue weighted by atomic mass is 10.0. The smallest absolute Gasteiger partial charge is 0.340 e. The average molecular weight is 299 g/mol. The van der Waals surface area contributed by atoms with Gasteiger partial charge in [-0.05, 0) is 37.0 Å². The molecule has 1 unspecified atom stereocenters. The number of esters is 1. The maximum atomic E-state index is 11.4. The first-order valence-electron chi connectivity index (χ1n) is 5.63. The van der Waals surface area contributed by atoms with Crippen molar-refractivity contribution < 1.29 is 14.3 Å². The topological polar surface area (TPSA) is 38.8 Å². The summed E-state index contributed by atoms with van der Waals surface area (Å²) in [5, 5.41) is 0. The summed E-state index contributed by atoms with van der Waals surface area (Å²) in [7, 11) is 1.40. The molecule has 0 bridgehead atoms. The van der Waals surface area contributed by atoms with Gasteiger partial charge in [-0.2, -0.15) is 0 Å². The van der Waals surface area contributed by atoms with Crippen LogP contribution in [0, 0.1) is 0 Å². The van der Waals surface area contributed by atoms with Crippen molar-refractivity contribution in [3.63, 3.8) is 0 Å². The van der Waals surface area contributed by atoms with Gasteiger partial charge in [0.1, 0.15) is 0 Å². The Morgan fingerprint density at radius 2 is 2.12 bits per heavy atom. The van der Waals surface area contributed by atoms with Crippen LogP contribution in [0.4, 0.5) is 0 Å². The van der Waals surface area contributed by atoms with Crippen LogP contribution in [0.25, 0.3) is 0 Å². The van der Waals surface area contributed by atoms with Crippen LogP contribution in [0.15, 0.2) is 28.7 Å². The Balaban J connectivity index is 1.80. The number of ether oxygens (including phenoxy) is 2. The lowest BCUT2D eigenvalue weighted by Crippen LogP contribution is -2.26. The number of halogens is 1. The first-order valence-corrected chi connectivity index (χ1v) is 6.42. The van der Waals surface area contributed by atoms with Crippen molar-refractivity contribution in [2.45, 2.75) is 24.9 Å². The molecular weight excluding hydrogens is 284 g/mol. The van der Waals surface area contributed by atoms with E-state index in [0.29, 0.717) is 6.61 Å². The highest BCUT2D eigenvalue weighted by Crippen LogP contribution is 2.34. The molecule has 1 aromatic carbocycles. The summed E-state index contributed by atoms with van der Waals surface area (Å²) in [6, 6.07) is 8.23. The number of epoxide rings is 1. The van der Waals surface area contributed by atoms with Crippen molar-refractivity contribution in [1.82, 2.24) is 0 Å². The molecule has 3 nitrogen and oxygen atoms in total. The average Bonchev–Trinajstić information content (AvgIpc) is 3.12. The number of hydrogen-bond donors (Lipinski definition) is 0. The Labute approximate surface area is 109 Å². The van der Waals surface area contributed by atoms with Gasteiger partial charge in [-0.25, -0.2) is 4.79 Å². The molecule has 92 valence electrons. The molecule has 1 aromatic rings. The summed E-state index contributed by atoms with van der Waals surface area (Å²) < 4.78 is 11.0. The molecule has 0 saturated carbocycles. The molecule has 1 aliphatic rings. The van der Waals surface area contributed by atoms with E-state index in [0.717, 1.165) is 23.7 Å². The van der Waals surface area contributed by atoms with Crippen molar-refractivity contribution in [2.75, 3.05) is 13.7 Å². The number of hydrogen-bond acceptors (Lipinski definition) is 3. The van der Waals surface area contributed by atoms with E-state index in [1.165, 1.54) is 12.7 Å². The van der Waals surface area contributed by atoms with Gasteiger partial charge in [-0.15, -0.1) is 0 Å². The fourth-order valence-electron chi connectivity index (χ4n) is 1.87. The number of carbonyl (C=O) groups excluding carboxylic acids is 1. The second-order valence-electron chi connectivity index (χ2n) is 4.25. The molecule has 1 aliphatic heterocycles. The minimum atomic E-state index is -0.635. The van der Waals surface area contributed by atoms with Gasteiger partial charge in [0.25, 0.3) is 0 Å². The first-order chi connectivity index (χ1) is 8.16. The molecule has 1 atom stereocenters. The lowest BCUT2D eigenvalue weighted by Gasteiger charge is -2.08. The van der Waals surface area contributed by atoms with Gasteiger partial charge in [-0.1, -0.05) is 28.1 Å². The number of benzene rings is 1. The maximum Gasteiger partial charge on any atom is 0.340 e. The molecule has 0 aliphatic carbocycles. The SMILES string of the molecule is COC(=O)C1(CCCc2ccc(Br)cc2)CO1. The zero-order valence-electron chi connectivity index (χ0n) is 9.74. The van der Waals surface area contributed by atoms with Gasteiger partial charge in [0.05, 0.1) is 13.7 Å². The Hall–Kier alpha value is -0.870. The Morgan fingerprint density at radius 3 is 2.65 bits per heavy atom. The predicted octanol–water partition coefficient (Wildman–Crippen LogP) is 2.71. The van der Waals surface area contributed by atoms with E-state index in [-0.39, 0.29) is 5.97 Å². The number of aryl methyl sites for hydroxylation is 1. The van der Waals surface area contributed by atoms with Crippen LogP contribution in [0.1, 0.15) is 18.4 Å². The van der Waals surface area contributed by atoms with Crippen LogP contribution in [0.2, 0.25) is 0 Å². The highest BCUT2D eigenvalue weighted by Gasteiger charge is 2.52. The highest BCUT2D eigenvalue weighted by molar-refractivity contribution is 9.10. The first kappa shape index (κ1) is 12.6. The molecule has 1 saturated heterocycles. The predicted molar refractivity (Wildman–Crippen MR) is 67.8 cm³/mol. The monoisotopic (exact) mass is 298 g/mol. The summed E-state index contributed by atoms with van der Waals surface area (Å²) in [5.41, 5.74) is 0.637. The summed E-state index contributed by atoms with van der Waals surface area (Å²) >= 11 is 3.40. The van der Waals surface area contributed by atoms with Crippen molar-refractivity contribution in [3.05, 3.63) is 34.3 Å². The summed E-state index contributed by atoms with van der Waals surface area (Å²) in [5.74, 6) is -0.242. The van der Waals surface area contributed by atoms with E-state index in [4.69, 9.17) is 9.47 Å². The third kappa shape index (κ3) is 3.07. The molecule has 0 aromatic heterocycles. The Bertz CT molecular complexity index is 396. The van der Waals surface area contributed by atoms with Crippen molar-refractivity contribution in [1.29, 1.82) is 0 Å². The molecule has 17 heavy (non-hydrogen) atoms. The molecule has 0 spiro atoms. The van der Waals surface area contributed by atoms with Crippen LogP contribution in [-0.4, -0.2) is 25.3 Å². The second-order valence-corrected chi connectivity index (χ2v) is 5.17. The number of methoxy groups -OCH3 is 1. The van der Waals surface area contributed by atoms with Gasteiger partial charge < -0.3 is 9.47 Å². The third-order valence-electron chi connectivity index (χ3n) is 3.01. The van der Waals surface area contributed by atoms with Gasteiger partial charge in [0.2, 0.25) is 0 Å². The van der Waals surface area contributed by atoms with Crippen molar-refractivity contribution in [2.24, 2.45) is 0 Å². The van der Waals surface area contributed by atoms with E-state index in [1.807, 2.05) is 12.1 Å². The lowest BCUT2D eigenvalue weighted by molar-refractivity contribution is -0.147. The molecule has 4 heteroatoms. The molecule has 2 rings (SSSR count). The van der Waals surface area contributed by atoms with Crippen LogP contribution >= 0.6 is 15.9 Å². The molecule has 0 radical (unpaired) electrons. The van der Waals surface area contributed by atoms with Crippen LogP contribution < -0.4 is 0 Å².